The van der Waals surface area contributed by atoms with E-state index in [0.717, 1.165) is 30.8 Å². The van der Waals surface area contributed by atoms with Gasteiger partial charge in [-0.3, -0.25) is 0 Å². The lowest BCUT2D eigenvalue weighted by Gasteiger charge is -2.31. The molecule has 5 heteroatoms. The van der Waals surface area contributed by atoms with Gasteiger partial charge in [-0.25, -0.2) is 8.78 Å². The second-order valence-electron chi connectivity index (χ2n) is 5.75. The lowest BCUT2D eigenvalue weighted by atomic mass is 9.90. The third-order valence-electron chi connectivity index (χ3n) is 4.15. The van der Waals surface area contributed by atoms with Crippen LogP contribution in [0.4, 0.5) is 8.78 Å². The molecule has 122 valence electrons. The Morgan fingerprint density at radius 3 is 2.43 bits per heavy atom. The minimum Gasteiger partial charge on any atom is -0.317 e. The van der Waals surface area contributed by atoms with E-state index < -0.39 is 5.82 Å². The zero-order valence-electron chi connectivity index (χ0n) is 12.6. The van der Waals surface area contributed by atoms with Crippen LogP contribution >= 0.6 is 23.4 Å². The third kappa shape index (κ3) is 4.25. The number of halogens is 3. The van der Waals surface area contributed by atoms with Crippen molar-refractivity contribution in [1.29, 1.82) is 0 Å². The maximum atomic E-state index is 14.3. The zero-order chi connectivity index (χ0) is 16.2. The summed E-state index contributed by atoms with van der Waals surface area (Å²) in [7, 11) is 0. The number of rotatable bonds is 4. The van der Waals surface area contributed by atoms with E-state index in [9.17, 15) is 8.78 Å². The molecule has 0 radical (unpaired) electrons. The Balaban J connectivity index is 1.92. The van der Waals surface area contributed by atoms with Gasteiger partial charge in [0, 0.05) is 20.7 Å². The molecule has 0 saturated carbocycles. The Kier molecular flexibility index (Phi) is 5.57. The van der Waals surface area contributed by atoms with Crippen molar-refractivity contribution in [3.8, 4) is 0 Å². The van der Waals surface area contributed by atoms with Crippen LogP contribution in [0.2, 0.25) is 5.02 Å². The predicted octanol–water partition coefficient (Wildman–Crippen LogP) is 5.45. The maximum Gasteiger partial charge on any atom is 0.127 e. The van der Waals surface area contributed by atoms with E-state index in [4.69, 9.17) is 11.6 Å². The molecule has 0 aromatic heterocycles. The highest BCUT2D eigenvalue weighted by atomic mass is 35.5. The molecule has 1 nitrogen and oxygen atoms in total. The van der Waals surface area contributed by atoms with Gasteiger partial charge in [-0.1, -0.05) is 11.6 Å². The Morgan fingerprint density at radius 1 is 1.04 bits per heavy atom. The summed E-state index contributed by atoms with van der Waals surface area (Å²) in [5.41, 5.74) is 0.455. The standard InChI is InChI=1S/C18H18ClF2NS/c19-13-1-4-15(5-2-13)23-18(12-7-9-22-10-8-12)16-11-14(20)3-6-17(16)21/h1-6,11-12,18,22H,7-10H2. The number of nitrogens with one attached hydrogen (secondary N) is 1. The summed E-state index contributed by atoms with van der Waals surface area (Å²) in [6.45, 7) is 1.83. The summed E-state index contributed by atoms with van der Waals surface area (Å²) in [5, 5.41) is 3.89. The highest BCUT2D eigenvalue weighted by molar-refractivity contribution is 7.99. The highest BCUT2D eigenvalue weighted by Crippen LogP contribution is 2.45. The van der Waals surface area contributed by atoms with Crippen molar-refractivity contribution in [2.75, 3.05) is 13.1 Å². The van der Waals surface area contributed by atoms with E-state index in [-0.39, 0.29) is 11.1 Å². The van der Waals surface area contributed by atoms with Crippen LogP contribution in [0.25, 0.3) is 0 Å². The van der Waals surface area contributed by atoms with Crippen LogP contribution in [-0.2, 0) is 0 Å². The molecule has 1 saturated heterocycles. The van der Waals surface area contributed by atoms with Crippen LogP contribution in [0.3, 0.4) is 0 Å². The van der Waals surface area contributed by atoms with E-state index in [1.165, 1.54) is 18.2 Å². The normalized spacial score (nSPS) is 17.2. The highest BCUT2D eigenvalue weighted by Gasteiger charge is 2.28. The van der Waals surface area contributed by atoms with E-state index in [1.807, 2.05) is 24.3 Å². The molecule has 3 rings (SSSR count). The van der Waals surface area contributed by atoms with Gasteiger partial charge in [-0.05, 0) is 74.3 Å². The summed E-state index contributed by atoms with van der Waals surface area (Å²) in [6, 6.07) is 11.2. The first-order chi connectivity index (χ1) is 11.1. The molecule has 0 amide bonds. The van der Waals surface area contributed by atoms with Crippen LogP contribution in [0.15, 0.2) is 47.4 Å². The maximum absolute atomic E-state index is 14.3. The molecule has 0 bridgehead atoms. The SMILES string of the molecule is Fc1ccc(F)c(C(Sc2ccc(Cl)cc2)C2CCNCC2)c1. The zero-order valence-corrected chi connectivity index (χ0v) is 14.1. The van der Waals surface area contributed by atoms with Gasteiger partial charge in [0.1, 0.15) is 11.6 Å². The van der Waals surface area contributed by atoms with Crippen LogP contribution in [-0.4, -0.2) is 13.1 Å². The van der Waals surface area contributed by atoms with E-state index in [2.05, 4.69) is 5.32 Å². The number of hydrogen-bond acceptors (Lipinski definition) is 2. The minimum absolute atomic E-state index is 0.103. The van der Waals surface area contributed by atoms with Gasteiger partial charge in [0.2, 0.25) is 0 Å². The van der Waals surface area contributed by atoms with Gasteiger partial charge < -0.3 is 5.32 Å². The molecule has 2 aromatic carbocycles. The molecule has 2 aromatic rings. The summed E-state index contributed by atoms with van der Waals surface area (Å²) in [6.07, 6.45) is 1.92. The van der Waals surface area contributed by atoms with Crippen molar-refractivity contribution in [2.24, 2.45) is 5.92 Å². The summed E-state index contributed by atoms with van der Waals surface area (Å²) >= 11 is 7.52. The lowest BCUT2D eigenvalue weighted by molar-refractivity contribution is 0.362. The Bertz CT molecular complexity index is 657. The van der Waals surface area contributed by atoms with Crippen LogP contribution in [0, 0.1) is 17.6 Å². The number of thioether (sulfide) groups is 1. The molecule has 1 heterocycles. The van der Waals surface area contributed by atoms with E-state index in [0.29, 0.717) is 16.5 Å². The first-order valence-corrected chi connectivity index (χ1v) is 8.97. The monoisotopic (exact) mass is 353 g/mol. The molecule has 0 spiro atoms. The van der Waals surface area contributed by atoms with Gasteiger partial charge in [0.15, 0.2) is 0 Å². The van der Waals surface area contributed by atoms with Gasteiger partial charge in [0.05, 0.1) is 0 Å². The second kappa shape index (κ2) is 7.65. The topological polar surface area (TPSA) is 12.0 Å². The van der Waals surface area contributed by atoms with Crippen molar-refractivity contribution in [2.45, 2.75) is 23.0 Å². The average molecular weight is 354 g/mol. The fraction of sp³-hybridized carbons (Fsp3) is 0.333. The minimum atomic E-state index is -0.392. The summed E-state index contributed by atoms with van der Waals surface area (Å²) in [5.74, 6) is -0.415. The van der Waals surface area contributed by atoms with Gasteiger partial charge in [0.25, 0.3) is 0 Å². The van der Waals surface area contributed by atoms with Crippen molar-refractivity contribution in [3.05, 3.63) is 64.7 Å². The van der Waals surface area contributed by atoms with Crippen molar-refractivity contribution in [3.63, 3.8) is 0 Å². The van der Waals surface area contributed by atoms with E-state index in [1.54, 1.807) is 11.8 Å². The number of piperidine rings is 1. The van der Waals surface area contributed by atoms with Gasteiger partial charge in [-0.2, -0.15) is 0 Å². The van der Waals surface area contributed by atoms with E-state index >= 15 is 0 Å². The Morgan fingerprint density at radius 2 is 1.74 bits per heavy atom. The molecular weight excluding hydrogens is 336 g/mol. The molecule has 1 aliphatic rings. The predicted molar refractivity (Wildman–Crippen MR) is 92.0 cm³/mol. The number of benzene rings is 2. The molecule has 1 fully saturated rings. The lowest BCUT2D eigenvalue weighted by Crippen LogP contribution is -2.30. The van der Waals surface area contributed by atoms with Gasteiger partial charge in [-0.15, -0.1) is 11.8 Å². The Hall–Kier alpha value is -1.10. The smallest absolute Gasteiger partial charge is 0.127 e. The quantitative estimate of drug-likeness (QED) is 0.733. The average Bonchev–Trinajstić information content (AvgIpc) is 2.57. The van der Waals surface area contributed by atoms with Crippen molar-refractivity contribution in [1.82, 2.24) is 5.32 Å². The summed E-state index contributed by atoms with van der Waals surface area (Å²) < 4.78 is 28.0. The first kappa shape index (κ1) is 16.7. The Labute approximate surface area is 144 Å². The van der Waals surface area contributed by atoms with Crippen LogP contribution < -0.4 is 5.32 Å². The molecule has 1 atom stereocenters. The van der Waals surface area contributed by atoms with Crippen molar-refractivity contribution >= 4 is 23.4 Å². The van der Waals surface area contributed by atoms with Crippen LogP contribution in [0.1, 0.15) is 23.7 Å². The fourth-order valence-corrected chi connectivity index (χ4v) is 4.44. The molecule has 1 unspecified atom stereocenters. The van der Waals surface area contributed by atoms with Crippen molar-refractivity contribution < 1.29 is 8.78 Å². The number of hydrogen-bond donors (Lipinski definition) is 1. The molecular formula is C18H18ClF2NS. The molecule has 0 aliphatic carbocycles. The van der Waals surface area contributed by atoms with Gasteiger partial charge >= 0.3 is 0 Å². The molecule has 1 aliphatic heterocycles. The largest absolute Gasteiger partial charge is 0.317 e. The second-order valence-corrected chi connectivity index (χ2v) is 7.40. The molecule has 23 heavy (non-hydrogen) atoms. The molecule has 1 N–H and O–H groups in total. The third-order valence-corrected chi connectivity index (χ3v) is 5.84. The fourth-order valence-electron chi connectivity index (χ4n) is 2.95. The first-order valence-electron chi connectivity index (χ1n) is 7.71. The summed E-state index contributed by atoms with van der Waals surface area (Å²) in [4.78, 5) is 1.02. The van der Waals surface area contributed by atoms with Crippen LogP contribution in [0.5, 0.6) is 0 Å².